The summed E-state index contributed by atoms with van der Waals surface area (Å²) < 4.78 is 44.3. The second-order valence-corrected chi connectivity index (χ2v) is 12.5. The summed E-state index contributed by atoms with van der Waals surface area (Å²) in [6.07, 6.45) is 1.29. The zero-order valence-electron chi connectivity index (χ0n) is 23.1. The van der Waals surface area contributed by atoms with E-state index in [4.69, 9.17) is 23.2 Å². The molecule has 41 heavy (non-hydrogen) atoms. The number of hydrogen-bond donors (Lipinski definition) is 1. The molecule has 0 bridgehead atoms. The molecular weight excluding hydrogens is 582 g/mol. The van der Waals surface area contributed by atoms with Crippen molar-refractivity contribution in [2.24, 2.45) is 11.3 Å². The molecule has 12 heteroatoms. The summed E-state index contributed by atoms with van der Waals surface area (Å²) >= 11 is 12.6. The number of ketones is 1. The van der Waals surface area contributed by atoms with Gasteiger partial charge in [0.05, 0.1) is 45.4 Å². The van der Waals surface area contributed by atoms with Crippen molar-refractivity contribution in [1.82, 2.24) is 14.7 Å². The van der Waals surface area contributed by atoms with Crippen LogP contribution in [0.4, 0.5) is 13.2 Å². The highest BCUT2D eigenvalue weighted by molar-refractivity contribution is 6.40. The molecule has 1 N–H and O–H groups in total. The lowest BCUT2D eigenvalue weighted by Crippen LogP contribution is -2.40. The smallest absolute Gasteiger partial charge is 0.433 e. The number of nitrogens with zero attached hydrogens (tertiary/aromatic N) is 3. The van der Waals surface area contributed by atoms with Gasteiger partial charge in [0.1, 0.15) is 0 Å². The molecule has 2 aromatic rings. The number of carbonyl (C=O) groups is 3. The van der Waals surface area contributed by atoms with Gasteiger partial charge in [-0.1, -0.05) is 42.5 Å². The number of carboxylic acids is 1. The lowest BCUT2D eigenvalue weighted by atomic mass is 9.74. The predicted molar refractivity (Wildman–Crippen MR) is 148 cm³/mol. The number of Topliss-reactive ketones (excluding diaryl/α,β-unsaturated/α-hetero) is 1. The van der Waals surface area contributed by atoms with Gasteiger partial charge in [-0.3, -0.25) is 19.1 Å². The monoisotopic (exact) mass is 615 g/mol. The maximum Gasteiger partial charge on any atom is 0.433 e. The Hall–Kier alpha value is -2.59. The van der Waals surface area contributed by atoms with Crippen molar-refractivity contribution in [3.05, 3.63) is 50.8 Å². The predicted octanol–water partition coefficient (Wildman–Crippen LogP) is 7.63. The zero-order valence-corrected chi connectivity index (χ0v) is 24.6. The number of aliphatic carboxylic acids is 1. The molecule has 0 saturated heterocycles. The molecule has 2 saturated carbocycles. The van der Waals surface area contributed by atoms with Gasteiger partial charge in [0.25, 0.3) is 5.91 Å². The van der Waals surface area contributed by atoms with Crippen molar-refractivity contribution in [2.75, 3.05) is 13.1 Å². The number of hydrogen-bond acceptors (Lipinski definition) is 4. The molecule has 2 aliphatic carbocycles. The molecule has 2 fully saturated rings. The number of benzene rings is 1. The van der Waals surface area contributed by atoms with E-state index in [1.807, 2.05) is 0 Å². The molecule has 0 radical (unpaired) electrons. The summed E-state index contributed by atoms with van der Waals surface area (Å²) in [4.78, 5) is 40.0. The van der Waals surface area contributed by atoms with E-state index in [0.717, 1.165) is 48.5 Å². The quantitative estimate of drug-likeness (QED) is 0.308. The third kappa shape index (κ3) is 6.91. The Morgan fingerprint density at radius 3 is 2.20 bits per heavy atom. The fourth-order valence-electron chi connectivity index (χ4n) is 6.07. The van der Waals surface area contributed by atoms with Crippen LogP contribution in [0, 0.1) is 18.3 Å². The van der Waals surface area contributed by atoms with Crippen molar-refractivity contribution in [3.8, 4) is 0 Å². The highest BCUT2D eigenvalue weighted by Gasteiger charge is 2.45. The van der Waals surface area contributed by atoms with Gasteiger partial charge in [-0.15, -0.1) is 0 Å². The highest BCUT2D eigenvalue weighted by atomic mass is 35.5. The van der Waals surface area contributed by atoms with Crippen LogP contribution >= 0.6 is 23.2 Å². The van der Waals surface area contributed by atoms with Gasteiger partial charge < -0.3 is 10.0 Å². The summed E-state index contributed by atoms with van der Waals surface area (Å²) in [6.45, 7) is 2.98. The van der Waals surface area contributed by atoms with Crippen LogP contribution in [-0.2, 0) is 11.0 Å². The van der Waals surface area contributed by atoms with Crippen molar-refractivity contribution < 1.29 is 32.7 Å². The first-order valence-corrected chi connectivity index (χ1v) is 14.6. The van der Waals surface area contributed by atoms with Gasteiger partial charge in [0, 0.05) is 6.54 Å². The molecule has 0 aliphatic heterocycles. The van der Waals surface area contributed by atoms with Crippen molar-refractivity contribution >= 4 is 40.9 Å². The van der Waals surface area contributed by atoms with E-state index in [1.54, 1.807) is 26.0 Å². The first-order chi connectivity index (χ1) is 19.2. The minimum atomic E-state index is -4.90. The van der Waals surface area contributed by atoms with Crippen molar-refractivity contribution in [1.29, 1.82) is 0 Å². The molecule has 1 aromatic heterocycles. The number of carbonyl (C=O) groups excluding carboxylic acids is 2. The summed E-state index contributed by atoms with van der Waals surface area (Å²) in [7, 11) is 0. The van der Waals surface area contributed by atoms with Gasteiger partial charge >= 0.3 is 12.1 Å². The summed E-state index contributed by atoms with van der Waals surface area (Å²) in [5.74, 6) is -2.44. The van der Waals surface area contributed by atoms with E-state index in [0.29, 0.717) is 0 Å². The van der Waals surface area contributed by atoms with Crippen LogP contribution in [0.15, 0.2) is 18.3 Å². The standard InChI is InChI=1S/C29H34Cl2F3N3O4/c1-17-12-21(30)24(22(31)13-17)23(38)16-36(15-18-6-4-3-5-7-18)26(39)20-14-35-37(25(20)29(32,33)34)19-8-10-28(2,11-9-19)27(40)41/h12-14,18-19H,3-11,15-16H2,1-2H3,(H,40,41). The number of alkyl halides is 3. The lowest BCUT2D eigenvalue weighted by Gasteiger charge is -2.34. The average Bonchev–Trinajstić information content (AvgIpc) is 3.34. The van der Waals surface area contributed by atoms with E-state index < -0.39 is 53.1 Å². The molecule has 4 rings (SSSR count). The maximum absolute atomic E-state index is 14.5. The number of amides is 1. The molecule has 1 aromatic carbocycles. The zero-order chi connectivity index (χ0) is 30.1. The van der Waals surface area contributed by atoms with Gasteiger partial charge in [-0.2, -0.15) is 18.3 Å². The highest BCUT2D eigenvalue weighted by Crippen LogP contribution is 2.43. The third-order valence-corrected chi connectivity index (χ3v) is 9.10. The molecule has 224 valence electrons. The SMILES string of the molecule is Cc1cc(Cl)c(C(=O)CN(CC2CCCCC2)C(=O)c2cnn(C3CCC(C)(C(=O)O)CC3)c2C(F)(F)F)c(Cl)c1. The van der Waals surface area contributed by atoms with Crippen LogP contribution in [0.2, 0.25) is 10.0 Å². The second kappa shape index (κ2) is 12.3. The topological polar surface area (TPSA) is 92.5 Å². The normalized spacial score (nSPS) is 22.0. The summed E-state index contributed by atoms with van der Waals surface area (Å²) in [6, 6.07) is 2.43. The van der Waals surface area contributed by atoms with Gasteiger partial charge in [-0.25, -0.2) is 0 Å². The van der Waals surface area contributed by atoms with Gasteiger partial charge in [0.15, 0.2) is 11.5 Å². The Labute approximate surface area is 247 Å². The average molecular weight is 617 g/mol. The molecular formula is C29H34Cl2F3N3O4. The summed E-state index contributed by atoms with van der Waals surface area (Å²) in [5.41, 5.74) is -2.07. The lowest BCUT2D eigenvalue weighted by molar-refractivity contribution is -0.152. The van der Waals surface area contributed by atoms with E-state index in [9.17, 15) is 32.7 Å². The largest absolute Gasteiger partial charge is 0.481 e. The number of aryl methyl sites for hydroxylation is 1. The van der Waals surface area contributed by atoms with E-state index in [2.05, 4.69) is 5.10 Å². The Bertz CT molecular complexity index is 1290. The number of carboxylic acid groups (broad SMARTS) is 1. The van der Waals surface area contributed by atoms with Crippen LogP contribution in [-0.4, -0.2) is 50.5 Å². The Balaban J connectivity index is 1.67. The van der Waals surface area contributed by atoms with Crippen LogP contribution in [0.1, 0.15) is 103 Å². The Kier molecular flexibility index (Phi) is 9.43. The Morgan fingerprint density at radius 1 is 1.07 bits per heavy atom. The van der Waals surface area contributed by atoms with Crippen LogP contribution < -0.4 is 0 Å². The molecule has 1 heterocycles. The molecule has 0 unspecified atom stereocenters. The fraction of sp³-hybridized carbons (Fsp3) is 0.586. The van der Waals surface area contributed by atoms with Gasteiger partial charge in [0.2, 0.25) is 0 Å². The van der Waals surface area contributed by atoms with E-state index in [-0.39, 0.29) is 53.8 Å². The summed E-state index contributed by atoms with van der Waals surface area (Å²) in [5, 5.41) is 13.7. The number of aromatic nitrogens is 2. The molecule has 0 atom stereocenters. The minimum Gasteiger partial charge on any atom is -0.481 e. The van der Waals surface area contributed by atoms with Gasteiger partial charge in [-0.05, 0) is 76.0 Å². The second-order valence-electron chi connectivity index (χ2n) is 11.7. The molecule has 0 spiro atoms. The molecule has 1 amide bonds. The minimum absolute atomic E-state index is 0.0239. The fourth-order valence-corrected chi connectivity index (χ4v) is 6.87. The van der Waals surface area contributed by atoms with Crippen LogP contribution in [0.3, 0.4) is 0 Å². The third-order valence-electron chi connectivity index (χ3n) is 8.51. The first-order valence-electron chi connectivity index (χ1n) is 13.9. The van der Waals surface area contributed by atoms with Crippen LogP contribution in [0.25, 0.3) is 0 Å². The first kappa shape index (κ1) is 31.3. The molecule has 2 aliphatic rings. The Morgan fingerprint density at radius 2 is 1.66 bits per heavy atom. The maximum atomic E-state index is 14.5. The van der Waals surface area contributed by atoms with E-state index in [1.165, 1.54) is 4.90 Å². The van der Waals surface area contributed by atoms with E-state index >= 15 is 0 Å². The number of rotatable bonds is 8. The molecule has 7 nitrogen and oxygen atoms in total. The number of halogens is 5. The van der Waals surface area contributed by atoms with Crippen LogP contribution in [0.5, 0.6) is 0 Å². The van der Waals surface area contributed by atoms with Crippen molar-refractivity contribution in [2.45, 2.75) is 83.9 Å². The van der Waals surface area contributed by atoms with Crippen molar-refractivity contribution in [3.63, 3.8) is 0 Å².